The number of rotatable bonds is 7. The van der Waals surface area contributed by atoms with Gasteiger partial charge in [0.05, 0.1) is 12.1 Å². The number of halogens is 2. The van der Waals surface area contributed by atoms with Crippen LogP contribution >= 0.6 is 11.8 Å². The molecule has 1 N–H and O–H groups in total. The molecule has 0 saturated heterocycles. The minimum atomic E-state index is -1.04. The van der Waals surface area contributed by atoms with Crippen LogP contribution in [-0.4, -0.2) is 23.7 Å². The second kappa shape index (κ2) is 9.17. The number of carbonyl (C=O) groups excluding carboxylic acids is 2. The summed E-state index contributed by atoms with van der Waals surface area (Å²) in [4.78, 5) is 24.5. The summed E-state index contributed by atoms with van der Waals surface area (Å²) >= 11 is 1.38. The fourth-order valence-electron chi connectivity index (χ4n) is 1.89. The van der Waals surface area contributed by atoms with E-state index in [4.69, 9.17) is 4.74 Å². The smallest absolute Gasteiger partial charge is 0.307 e. The third-order valence-corrected chi connectivity index (χ3v) is 4.21. The van der Waals surface area contributed by atoms with Gasteiger partial charge >= 0.3 is 5.97 Å². The maximum Gasteiger partial charge on any atom is 0.307 e. The molecule has 2 aromatic carbocycles. The highest BCUT2D eigenvalue weighted by molar-refractivity contribution is 7.99. The Morgan fingerprint density at radius 3 is 2.48 bits per heavy atom. The highest BCUT2D eigenvalue weighted by Crippen LogP contribution is 2.19. The number of para-hydroxylation sites is 1. The van der Waals surface area contributed by atoms with Crippen LogP contribution in [0.15, 0.2) is 53.4 Å². The maximum atomic E-state index is 13.5. The molecule has 0 spiro atoms. The number of hydrogen-bond acceptors (Lipinski definition) is 4. The molecule has 0 aromatic heterocycles. The second-order valence-electron chi connectivity index (χ2n) is 5.15. The first kappa shape index (κ1) is 18.9. The maximum absolute atomic E-state index is 13.5. The predicted octanol–water partition coefficient (Wildman–Crippen LogP) is 4.02. The first-order valence-corrected chi connectivity index (χ1v) is 8.57. The van der Waals surface area contributed by atoms with Crippen LogP contribution in [0.2, 0.25) is 0 Å². The van der Waals surface area contributed by atoms with E-state index < -0.39 is 23.8 Å². The molecular formula is C18H17F2NO3S. The van der Waals surface area contributed by atoms with Crippen molar-refractivity contribution in [2.75, 3.05) is 11.1 Å². The van der Waals surface area contributed by atoms with E-state index in [1.165, 1.54) is 49.0 Å². The average Bonchev–Trinajstić information content (AvgIpc) is 2.58. The molecular weight excluding hydrogens is 348 g/mol. The lowest BCUT2D eigenvalue weighted by atomic mass is 10.3. The van der Waals surface area contributed by atoms with Crippen LogP contribution in [0.3, 0.4) is 0 Å². The minimum absolute atomic E-state index is 0.0299. The van der Waals surface area contributed by atoms with Gasteiger partial charge in [-0.15, -0.1) is 11.8 Å². The molecule has 0 aliphatic heterocycles. The number of ether oxygens (including phenoxy) is 1. The largest absolute Gasteiger partial charge is 0.453 e. The van der Waals surface area contributed by atoms with Crippen LogP contribution in [-0.2, 0) is 14.3 Å². The molecule has 2 rings (SSSR count). The van der Waals surface area contributed by atoms with Crippen LogP contribution in [0.1, 0.15) is 13.3 Å². The number of nitrogens with one attached hydrogen (secondary N) is 1. The SMILES string of the molecule is C[C@@H](OC(=O)CCSc1ccc(F)cc1)C(=O)Nc1ccccc1F. The van der Waals surface area contributed by atoms with Crippen LogP contribution in [0, 0.1) is 11.6 Å². The predicted molar refractivity (Wildman–Crippen MR) is 92.3 cm³/mol. The zero-order valence-electron chi connectivity index (χ0n) is 13.5. The van der Waals surface area contributed by atoms with E-state index in [0.29, 0.717) is 5.75 Å². The lowest BCUT2D eigenvalue weighted by Crippen LogP contribution is -2.30. The molecule has 25 heavy (non-hydrogen) atoms. The highest BCUT2D eigenvalue weighted by atomic mass is 32.2. The summed E-state index contributed by atoms with van der Waals surface area (Å²) in [5.74, 6) is -1.59. The van der Waals surface area contributed by atoms with Gasteiger partial charge in [0, 0.05) is 10.6 Å². The Bertz CT molecular complexity index is 737. The Hall–Kier alpha value is -2.41. The number of amides is 1. The molecule has 0 heterocycles. The summed E-state index contributed by atoms with van der Waals surface area (Å²) < 4.78 is 31.3. The van der Waals surface area contributed by atoms with Gasteiger partial charge in [-0.3, -0.25) is 9.59 Å². The summed E-state index contributed by atoms with van der Waals surface area (Å²) in [5, 5.41) is 2.37. The van der Waals surface area contributed by atoms with E-state index in [2.05, 4.69) is 5.32 Å². The van der Waals surface area contributed by atoms with Crippen molar-refractivity contribution in [2.45, 2.75) is 24.3 Å². The summed E-state index contributed by atoms with van der Waals surface area (Å²) in [6.07, 6.45) is -0.942. The van der Waals surface area contributed by atoms with E-state index in [9.17, 15) is 18.4 Å². The van der Waals surface area contributed by atoms with E-state index >= 15 is 0 Å². The van der Waals surface area contributed by atoms with Crippen LogP contribution in [0.5, 0.6) is 0 Å². The summed E-state index contributed by atoms with van der Waals surface area (Å²) in [6.45, 7) is 1.42. The van der Waals surface area contributed by atoms with Gasteiger partial charge in [0.25, 0.3) is 5.91 Å². The molecule has 0 radical (unpaired) electrons. The third-order valence-electron chi connectivity index (χ3n) is 3.20. The zero-order chi connectivity index (χ0) is 18.2. The van der Waals surface area contributed by atoms with Crippen molar-refractivity contribution in [3.05, 3.63) is 60.2 Å². The van der Waals surface area contributed by atoms with Gasteiger partial charge in [-0.2, -0.15) is 0 Å². The fraction of sp³-hybridized carbons (Fsp3) is 0.222. The van der Waals surface area contributed by atoms with Gasteiger partial charge in [-0.1, -0.05) is 12.1 Å². The Morgan fingerprint density at radius 2 is 1.80 bits per heavy atom. The number of thioether (sulfide) groups is 1. The number of esters is 1. The first-order valence-electron chi connectivity index (χ1n) is 7.59. The Labute approximate surface area is 148 Å². The summed E-state index contributed by atoms with van der Waals surface area (Å²) in [5.41, 5.74) is 0.0299. The average molecular weight is 365 g/mol. The van der Waals surface area contributed by atoms with E-state index in [1.807, 2.05) is 0 Å². The topological polar surface area (TPSA) is 55.4 Å². The Kier molecular flexibility index (Phi) is 6.94. The number of benzene rings is 2. The molecule has 0 saturated carbocycles. The van der Waals surface area contributed by atoms with E-state index in [-0.39, 0.29) is 17.9 Å². The molecule has 1 amide bonds. The molecule has 0 aliphatic rings. The minimum Gasteiger partial charge on any atom is -0.453 e. The quantitative estimate of drug-likeness (QED) is 0.595. The monoisotopic (exact) mass is 365 g/mol. The van der Waals surface area contributed by atoms with Crippen molar-refractivity contribution in [1.29, 1.82) is 0 Å². The number of anilines is 1. The van der Waals surface area contributed by atoms with Crippen molar-refractivity contribution in [3.63, 3.8) is 0 Å². The summed E-state index contributed by atoms with van der Waals surface area (Å²) in [6, 6.07) is 11.7. The molecule has 132 valence electrons. The molecule has 1 atom stereocenters. The van der Waals surface area contributed by atoms with Crippen molar-refractivity contribution in [3.8, 4) is 0 Å². The molecule has 0 aliphatic carbocycles. The Morgan fingerprint density at radius 1 is 1.12 bits per heavy atom. The second-order valence-corrected chi connectivity index (χ2v) is 6.32. The molecule has 0 fully saturated rings. The number of hydrogen-bond donors (Lipinski definition) is 1. The molecule has 4 nitrogen and oxygen atoms in total. The van der Waals surface area contributed by atoms with Gasteiger partial charge in [0.2, 0.25) is 0 Å². The van der Waals surface area contributed by atoms with Gasteiger partial charge in [0.15, 0.2) is 6.10 Å². The van der Waals surface area contributed by atoms with E-state index in [0.717, 1.165) is 4.90 Å². The molecule has 0 bridgehead atoms. The molecule has 7 heteroatoms. The van der Waals surface area contributed by atoms with Crippen LogP contribution in [0.25, 0.3) is 0 Å². The summed E-state index contributed by atoms with van der Waals surface area (Å²) in [7, 11) is 0. The normalized spacial score (nSPS) is 11.6. The van der Waals surface area contributed by atoms with Crippen molar-refractivity contribution < 1.29 is 23.1 Å². The van der Waals surface area contributed by atoms with Crippen molar-refractivity contribution in [1.82, 2.24) is 0 Å². The van der Waals surface area contributed by atoms with Gasteiger partial charge in [-0.25, -0.2) is 8.78 Å². The van der Waals surface area contributed by atoms with Crippen LogP contribution < -0.4 is 5.32 Å². The van der Waals surface area contributed by atoms with Gasteiger partial charge < -0.3 is 10.1 Å². The van der Waals surface area contributed by atoms with Crippen molar-refractivity contribution in [2.24, 2.45) is 0 Å². The fourth-order valence-corrected chi connectivity index (χ4v) is 2.72. The first-order chi connectivity index (χ1) is 12.0. The standard InChI is InChI=1S/C18H17F2NO3S/c1-12(18(23)21-16-5-3-2-4-15(16)20)24-17(22)10-11-25-14-8-6-13(19)7-9-14/h2-9,12H,10-11H2,1H3,(H,21,23)/t12-/m1/s1. The van der Waals surface area contributed by atoms with Gasteiger partial charge in [0.1, 0.15) is 11.6 Å². The third kappa shape index (κ3) is 6.19. The highest BCUT2D eigenvalue weighted by Gasteiger charge is 2.18. The van der Waals surface area contributed by atoms with Crippen LogP contribution in [0.4, 0.5) is 14.5 Å². The van der Waals surface area contributed by atoms with E-state index in [1.54, 1.807) is 18.2 Å². The number of carbonyl (C=O) groups is 2. The lowest BCUT2D eigenvalue weighted by molar-refractivity contribution is -0.152. The molecule has 0 unspecified atom stereocenters. The molecule has 2 aromatic rings. The van der Waals surface area contributed by atoms with Gasteiger partial charge in [-0.05, 0) is 43.3 Å². The zero-order valence-corrected chi connectivity index (χ0v) is 14.3. The Balaban J connectivity index is 1.74. The van der Waals surface area contributed by atoms with Crippen molar-refractivity contribution >= 4 is 29.3 Å². The lowest BCUT2D eigenvalue weighted by Gasteiger charge is -2.13.